The van der Waals surface area contributed by atoms with Crippen molar-refractivity contribution in [3.05, 3.63) is 59.7 Å². The van der Waals surface area contributed by atoms with Gasteiger partial charge in [-0.2, -0.15) is 0 Å². The molecule has 0 aliphatic carbocycles. The summed E-state index contributed by atoms with van der Waals surface area (Å²) in [7, 11) is 1.70. The summed E-state index contributed by atoms with van der Waals surface area (Å²) in [4.78, 5) is 17.0. The van der Waals surface area contributed by atoms with Crippen LogP contribution in [0.4, 0.5) is 0 Å². The zero-order valence-corrected chi connectivity index (χ0v) is 16.9. The minimum Gasteiger partial charge on any atom is -0.497 e. The van der Waals surface area contributed by atoms with Gasteiger partial charge >= 0.3 is 0 Å². The van der Waals surface area contributed by atoms with Gasteiger partial charge in [0, 0.05) is 32.7 Å². The molecule has 0 saturated carbocycles. The summed E-state index contributed by atoms with van der Waals surface area (Å²) < 4.78 is 10.7. The van der Waals surface area contributed by atoms with E-state index in [1.165, 1.54) is 5.56 Å². The lowest BCUT2D eigenvalue weighted by molar-refractivity contribution is -0.132. The number of hydrogen-bond donors (Lipinski definition) is 0. The fourth-order valence-electron chi connectivity index (χ4n) is 3.49. The predicted octanol–water partition coefficient (Wildman–Crippen LogP) is 3.02. The molecule has 1 aliphatic rings. The normalized spacial score (nSPS) is 14.7. The molecule has 150 valence electrons. The Kier molecular flexibility index (Phi) is 7.31. The highest BCUT2D eigenvalue weighted by molar-refractivity contribution is 5.79. The first kappa shape index (κ1) is 20.2. The van der Waals surface area contributed by atoms with Gasteiger partial charge in [-0.3, -0.25) is 9.69 Å². The molecule has 0 spiro atoms. The van der Waals surface area contributed by atoms with E-state index in [4.69, 9.17) is 9.47 Å². The zero-order valence-electron chi connectivity index (χ0n) is 16.9. The molecule has 5 nitrogen and oxygen atoms in total. The van der Waals surface area contributed by atoms with E-state index in [-0.39, 0.29) is 5.91 Å². The smallest absolute Gasteiger partial charge is 0.227 e. The van der Waals surface area contributed by atoms with Gasteiger partial charge in [-0.05, 0) is 48.7 Å². The van der Waals surface area contributed by atoms with E-state index in [9.17, 15) is 4.79 Å². The monoisotopic (exact) mass is 382 g/mol. The molecule has 2 aromatic carbocycles. The third-order valence-electron chi connectivity index (χ3n) is 5.17. The van der Waals surface area contributed by atoms with Crippen LogP contribution in [0, 0.1) is 0 Å². The van der Waals surface area contributed by atoms with E-state index in [2.05, 4.69) is 17.0 Å². The largest absolute Gasteiger partial charge is 0.497 e. The number of ether oxygens (including phenoxy) is 2. The number of methoxy groups -OCH3 is 1. The van der Waals surface area contributed by atoms with E-state index in [1.54, 1.807) is 7.11 Å². The second kappa shape index (κ2) is 10.1. The summed E-state index contributed by atoms with van der Waals surface area (Å²) >= 11 is 0. The molecular formula is C23H30N2O3. The lowest BCUT2D eigenvalue weighted by atomic mass is 10.1. The predicted molar refractivity (Wildman–Crippen MR) is 111 cm³/mol. The second-order valence-electron chi connectivity index (χ2n) is 7.08. The highest BCUT2D eigenvalue weighted by atomic mass is 16.5. The molecule has 1 amide bonds. The molecule has 2 aromatic rings. The fourth-order valence-corrected chi connectivity index (χ4v) is 3.49. The summed E-state index contributed by atoms with van der Waals surface area (Å²) in [6.07, 6.45) is 1.45. The Labute approximate surface area is 167 Å². The van der Waals surface area contributed by atoms with E-state index < -0.39 is 0 Å². The van der Waals surface area contributed by atoms with Crippen molar-refractivity contribution in [2.75, 3.05) is 46.4 Å². The quantitative estimate of drug-likeness (QED) is 0.704. The van der Waals surface area contributed by atoms with Crippen LogP contribution in [0.15, 0.2) is 48.5 Å². The number of hydrogen-bond acceptors (Lipinski definition) is 4. The number of carbonyl (C=O) groups is 1. The van der Waals surface area contributed by atoms with Crippen molar-refractivity contribution in [1.82, 2.24) is 9.80 Å². The number of benzene rings is 2. The number of amides is 1. The standard InChI is InChI=1S/C23H30N2O3/c1-3-28-21-9-7-20(8-10-21)18-23(26)25-15-13-24(14-16-25)12-11-19-5-4-6-22(17-19)27-2/h4-10,17H,3,11-16,18H2,1-2H3. The molecule has 5 heteroatoms. The van der Waals surface area contributed by atoms with Crippen LogP contribution >= 0.6 is 0 Å². The molecule has 3 rings (SSSR count). The van der Waals surface area contributed by atoms with Crippen molar-refractivity contribution >= 4 is 5.91 Å². The van der Waals surface area contributed by atoms with E-state index in [1.807, 2.05) is 48.2 Å². The molecule has 0 atom stereocenters. The SMILES string of the molecule is CCOc1ccc(CC(=O)N2CCN(CCc3cccc(OC)c3)CC2)cc1. The zero-order chi connectivity index (χ0) is 19.8. The highest BCUT2D eigenvalue weighted by Gasteiger charge is 2.21. The topological polar surface area (TPSA) is 42.0 Å². The molecule has 0 radical (unpaired) electrons. The van der Waals surface area contributed by atoms with E-state index in [0.717, 1.165) is 56.2 Å². The molecule has 0 aromatic heterocycles. The Bertz CT molecular complexity index is 753. The Morgan fingerprint density at radius 3 is 2.39 bits per heavy atom. The first-order valence-corrected chi connectivity index (χ1v) is 10.0. The third kappa shape index (κ3) is 5.73. The van der Waals surface area contributed by atoms with Gasteiger partial charge < -0.3 is 14.4 Å². The number of nitrogens with zero attached hydrogens (tertiary/aromatic N) is 2. The lowest BCUT2D eigenvalue weighted by Crippen LogP contribution is -2.49. The average Bonchev–Trinajstić information content (AvgIpc) is 2.74. The van der Waals surface area contributed by atoms with Crippen LogP contribution in [-0.4, -0.2) is 62.1 Å². The second-order valence-corrected chi connectivity index (χ2v) is 7.08. The van der Waals surface area contributed by atoms with Crippen molar-refractivity contribution < 1.29 is 14.3 Å². The fraction of sp³-hybridized carbons (Fsp3) is 0.435. The molecule has 0 unspecified atom stereocenters. The molecule has 1 fully saturated rings. The van der Waals surface area contributed by atoms with Crippen LogP contribution in [0.2, 0.25) is 0 Å². The van der Waals surface area contributed by atoms with Crippen molar-refractivity contribution in [2.24, 2.45) is 0 Å². The molecule has 1 aliphatic heterocycles. The van der Waals surface area contributed by atoms with Gasteiger partial charge in [0.1, 0.15) is 11.5 Å². The molecule has 0 N–H and O–H groups in total. The number of rotatable bonds is 8. The molecule has 0 bridgehead atoms. The van der Waals surface area contributed by atoms with Gasteiger partial charge in [0.05, 0.1) is 20.1 Å². The van der Waals surface area contributed by atoms with Gasteiger partial charge in [-0.25, -0.2) is 0 Å². The highest BCUT2D eigenvalue weighted by Crippen LogP contribution is 2.15. The molecule has 1 heterocycles. The Morgan fingerprint density at radius 1 is 0.964 bits per heavy atom. The first-order valence-electron chi connectivity index (χ1n) is 10.0. The van der Waals surface area contributed by atoms with Gasteiger partial charge in [0.15, 0.2) is 0 Å². The first-order chi connectivity index (χ1) is 13.7. The molecule has 28 heavy (non-hydrogen) atoms. The molecular weight excluding hydrogens is 352 g/mol. The number of carbonyl (C=O) groups excluding carboxylic acids is 1. The Balaban J connectivity index is 1.42. The van der Waals surface area contributed by atoms with Gasteiger partial charge in [0.2, 0.25) is 5.91 Å². The minimum absolute atomic E-state index is 0.205. The van der Waals surface area contributed by atoms with Crippen LogP contribution in [0.1, 0.15) is 18.1 Å². The number of piperazine rings is 1. The lowest BCUT2D eigenvalue weighted by Gasteiger charge is -2.34. The third-order valence-corrected chi connectivity index (χ3v) is 5.17. The maximum atomic E-state index is 12.6. The van der Waals surface area contributed by atoms with Crippen LogP contribution in [-0.2, 0) is 17.6 Å². The van der Waals surface area contributed by atoms with E-state index in [0.29, 0.717) is 13.0 Å². The summed E-state index contributed by atoms with van der Waals surface area (Å²) in [6, 6.07) is 16.1. The summed E-state index contributed by atoms with van der Waals surface area (Å²) in [5.74, 6) is 1.96. The van der Waals surface area contributed by atoms with E-state index >= 15 is 0 Å². The summed E-state index contributed by atoms with van der Waals surface area (Å²) in [5.41, 5.74) is 2.32. The van der Waals surface area contributed by atoms with Gasteiger partial charge in [-0.1, -0.05) is 24.3 Å². The summed E-state index contributed by atoms with van der Waals surface area (Å²) in [5, 5.41) is 0. The van der Waals surface area contributed by atoms with Crippen molar-refractivity contribution in [3.8, 4) is 11.5 Å². The van der Waals surface area contributed by atoms with Gasteiger partial charge in [-0.15, -0.1) is 0 Å². The van der Waals surface area contributed by atoms with Crippen LogP contribution in [0.25, 0.3) is 0 Å². The van der Waals surface area contributed by atoms with Crippen molar-refractivity contribution in [3.63, 3.8) is 0 Å². The Morgan fingerprint density at radius 2 is 1.71 bits per heavy atom. The van der Waals surface area contributed by atoms with Crippen molar-refractivity contribution in [1.29, 1.82) is 0 Å². The van der Waals surface area contributed by atoms with Crippen molar-refractivity contribution in [2.45, 2.75) is 19.8 Å². The maximum Gasteiger partial charge on any atom is 0.227 e. The van der Waals surface area contributed by atoms with Crippen LogP contribution in [0.5, 0.6) is 11.5 Å². The van der Waals surface area contributed by atoms with Gasteiger partial charge in [0.25, 0.3) is 0 Å². The summed E-state index contributed by atoms with van der Waals surface area (Å²) in [6.45, 7) is 7.09. The Hall–Kier alpha value is -2.53. The molecule has 1 saturated heterocycles. The minimum atomic E-state index is 0.205. The average molecular weight is 383 g/mol. The van der Waals surface area contributed by atoms with Crippen LogP contribution < -0.4 is 9.47 Å². The van der Waals surface area contributed by atoms with Crippen LogP contribution in [0.3, 0.4) is 0 Å². The maximum absolute atomic E-state index is 12.6.